The molecule has 1 aromatic carbocycles. The van der Waals surface area contributed by atoms with Gasteiger partial charge in [0.15, 0.2) is 0 Å². The molecule has 0 bridgehead atoms. The summed E-state index contributed by atoms with van der Waals surface area (Å²) in [6.45, 7) is 5.16. The lowest BCUT2D eigenvalue weighted by atomic mass is 9.94. The Labute approximate surface area is 169 Å². The third kappa shape index (κ3) is 4.73. The van der Waals surface area contributed by atoms with E-state index in [0.717, 1.165) is 6.42 Å². The lowest BCUT2D eigenvalue weighted by Crippen LogP contribution is -2.42. The number of benzene rings is 1. The zero-order valence-electron chi connectivity index (χ0n) is 16.1. The molecule has 152 valence electrons. The Morgan fingerprint density at radius 1 is 1.21 bits per heavy atom. The summed E-state index contributed by atoms with van der Waals surface area (Å²) >= 11 is 1.53. The Bertz CT molecular complexity index is 917. The molecule has 1 amide bonds. The number of hydrogen-bond donors (Lipinski definition) is 1. The fraction of sp³-hybridized carbons (Fsp3) is 0.500. The highest BCUT2D eigenvalue weighted by Gasteiger charge is 2.31. The number of sulfonamides is 1. The maximum Gasteiger partial charge on any atom is 0.322 e. The Balaban J connectivity index is 1.70. The number of piperidine rings is 1. The minimum Gasteiger partial charge on any atom is -0.407 e. The largest absolute Gasteiger partial charge is 0.407 e. The maximum absolute atomic E-state index is 12.9. The Morgan fingerprint density at radius 3 is 2.46 bits per heavy atom. The second-order valence-electron chi connectivity index (χ2n) is 7.18. The molecule has 1 N–H and O–H groups in total. The number of nitrogens with zero attached hydrogens (tertiary/aromatic N) is 3. The molecule has 1 aliphatic heterocycles. The highest BCUT2D eigenvalue weighted by atomic mass is 32.2. The first-order valence-electron chi connectivity index (χ1n) is 9.02. The first kappa shape index (κ1) is 20.8. The van der Waals surface area contributed by atoms with E-state index in [4.69, 9.17) is 4.42 Å². The van der Waals surface area contributed by atoms with Crippen LogP contribution < -0.4 is 5.32 Å². The zero-order valence-corrected chi connectivity index (χ0v) is 17.7. The smallest absolute Gasteiger partial charge is 0.322 e. The first-order chi connectivity index (χ1) is 13.3. The van der Waals surface area contributed by atoms with Crippen molar-refractivity contribution in [2.45, 2.75) is 30.9 Å². The molecule has 0 radical (unpaired) electrons. The molecule has 10 heteroatoms. The van der Waals surface area contributed by atoms with E-state index in [1.165, 1.54) is 40.3 Å². The van der Waals surface area contributed by atoms with Gasteiger partial charge in [0.05, 0.1) is 10.6 Å². The normalized spacial score (nSPS) is 20.8. The van der Waals surface area contributed by atoms with Gasteiger partial charge in [-0.3, -0.25) is 10.1 Å². The molecule has 0 saturated carbocycles. The molecule has 0 aliphatic carbocycles. The highest BCUT2D eigenvalue weighted by molar-refractivity contribution is 7.97. The minimum atomic E-state index is -3.57. The molecule has 8 nitrogen and oxygen atoms in total. The molecule has 1 saturated heterocycles. The summed E-state index contributed by atoms with van der Waals surface area (Å²) in [4.78, 5) is 12.5. The summed E-state index contributed by atoms with van der Waals surface area (Å²) in [5.41, 5.74) is 0.309. The molecule has 1 aromatic heterocycles. The van der Waals surface area contributed by atoms with Gasteiger partial charge >= 0.3 is 6.01 Å². The van der Waals surface area contributed by atoms with Crippen LogP contribution in [0.15, 0.2) is 33.6 Å². The van der Waals surface area contributed by atoms with E-state index in [9.17, 15) is 13.2 Å². The zero-order chi connectivity index (χ0) is 20.3. The van der Waals surface area contributed by atoms with Gasteiger partial charge in [0.25, 0.3) is 5.91 Å². The number of rotatable bonds is 6. The number of anilines is 1. The Hall–Kier alpha value is -1.91. The van der Waals surface area contributed by atoms with E-state index in [-0.39, 0.29) is 10.9 Å². The number of carbonyl (C=O) groups is 1. The predicted octanol–water partition coefficient (Wildman–Crippen LogP) is 2.85. The van der Waals surface area contributed by atoms with E-state index in [0.29, 0.717) is 42.1 Å². The van der Waals surface area contributed by atoms with Gasteiger partial charge in [-0.25, -0.2) is 8.42 Å². The van der Waals surface area contributed by atoms with Gasteiger partial charge in [-0.05, 0) is 48.8 Å². The lowest BCUT2D eigenvalue weighted by molar-refractivity contribution is 0.102. The van der Waals surface area contributed by atoms with Crippen molar-refractivity contribution < 1.29 is 17.6 Å². The van der Waals surface area contributed by atoms with Gasteiger partial charge in [0.2, 0.25) is 15.9 Å². The van der Waals surface area contributed by atoms with Crippen molar-refractivity contribution in [1.29, 1.82) is 0 Å². The topological polar surface area (TPSA) is 105 Å². The third-order valence-electron chi connectivity index (χ3n) is 4.54. The van der Waals surface area contributed by atoms with Crippen LogP contribution in [0.1, 0.15) is 36.5 Å². The molecule has 1 aliphatic rings. The van der Waals surface area contributed by atoms with Gasteiger partial charge < -0.3 is 4.42 Å². The van der Waals surface area contributed by atoms with Gasteiger partial charge in [0.1, 0.15) is 0 Å². The van der Waals surface area contributed by atoms with Crippen LogP contribution in [0.5, 0.6) is 0 Å². The van der Waals surface area contributed by atoms with Crippen LogP contribution in [0, 0.1) is 11.8 Å². The number of amides is 1. The van der Waals surface area contributed by atoms with Crippen molar-refractivity contribution in [3.05, 3.63) is 35.7 Å². The first-order valence-corrected chi connectivity index (χ1v) is 11.9. The number of carbonyl (C=O) groups excluding carboxylic acids is 1. The van der Waals surface area contributed by atoms with Crippen LogP contribution in [0.4, 0.5) is 6.01 Å². The fourth-order valence-corrected chi connectivity index (χ4v) is 5.43. The minimum absolute atomic E-state index is 0.0158. The molecular formula is C18H24N4O4S2. The van der Waals surface area contributed by atoms with Gasteiger partial charge in [-0.15, -0.1) is 5.10 Å². The van der Waals surface area contributed by atoms with Crippen LogP contribution in [0.2, 0.25) is 0 Å². The molecule has 2 heterocycles. The van der Waals surface area contributed by atoms with Crippen LogP contribution in [-0.2, 0) is 15.8 Å². The maximum atomic E-state index is 12.9. The molecule has 1 fully saturated rings. The van der Waals surface area contributed by atoms with Gasteiger partial charge in [-0.2, -0.15) is 16.1 Å². The van der Waals surface area contributed by atoms with E-state index >= 15 is 0 Å². The summed E-state index contributed by atoms with van der Waals surface area (Å²) in [6, 6.07) is 5.90. The van der Waals surface area contributed by atoms with Crippen molar-refractivity contribution in [1.82, 2.24) is 14.5 Å². The molecular weight excluding hydrogens is 400 g/mol. The number of nitrogens with one attached hydrogen (secondary N) is 1. The molecule has 2 atom stereocenters. The van der Waals surface area contributed by atoms with Crippen LogP contribution in [0.25, 0.3) is 0 Å². The summed E-state index contributed by atoms with van der Waals surface area (Å²) in [5, 5.41) is 10.1. The standard InChI is InChI=1S/C18H24N4O4S2/c1-12-8-13(2)10-22(9-12)28(24,25)15-6-4-14(5-7-15)17(23)19-18-21-20-16(26-18)11-27-3/h4-7,12-13H,8-11H2,1-3H3,(H,19,21,23). The number of aromatic nitrogens is 2. The summed E-state index contributed by atoms with van der Waals surface area (Å²) < 4.78 is 32.7. The average molecular weight is 425 g/mol. The average Bonchev–Trinajstić information content (AvgIpc) is 3.08. The van der Waals surface area contributed by atoms with Crippen molar-refractivity contribution >= 4 is 33.7 Å². The summed E-state index contributed by atoms with van der Waals surface area (Å²) in [5.74, 6) is 1.20. The summed E-state index contributed by atoms with van der Waals surface area (Å²) in [6.07, 6.45) is 2.93. The van der Waals surface area contributed by atoms with E-state index in [1.54, 1.807) is 0 Å². The van der Waals surface area contributed by atoms with Crippen LogP contribution in [0.3, 0.4) is 0 Å². The van der Waals surface area contributed by atoms with E-state index < -0.39 is 15.9 Å². The van der Waals surface area contributed by atoms with Crippen molar-refractivity contribution in [2.75, 3.05) is 24.7 Å². The fourth-order valence-electron chi connectivity index (χ4n) is 3.38. The lowest BCUT2D eigenvalue weighted by Gasteiger charge is -2.34. The SMILES string of the molecule is CSCc1nnc(NC(=O)c2ccc(S(=O)(=O)N3CC(C)CC(C)C3)cc2)o1. The molecule has 28 heavy (non-hydrogen) atoms. The quantitative estimate of drug-likeness (QED) is 0.760. The molecule has 0 spiro atoms. The van der Waals surface area contributed by atoms with E-state index in [1.807, 2.05) is 6.26 Å². The Kier molecular flexibility index (Phi) is 6.41. The molecule has 3 rings (SSSR count). The van der Waals surface area contributed by atoms with Crippen molar-refractivity contribution in [3.8, 4) is 0 Å². The molecule has 2 unspecified atom stereocenters. The monoisotopic (exact) mass is 424 g/mol. The second kappa shape index (κ2) is 8.62. The number of hydrogen-bond acceptors (Lipinski definition) is 7. The van der Waals surface area contributed by atoms with E-state index in [2.05, 4.69) is 29.4 Å². The second-order valence-corrected chi connectivity index (χ2v) is 9.98. The van der Waals surface area contributed by atoms with Gasteiger partial charge in [-0.1, -0.05) is 18.9 Å². The van der Waals surface area contributed by atoms with Crippen molar-refractivity contribution in [2.24, 2.45) is 11.8 Å². The van der Waals surface area contributed by atoms with Crippen molar-refractivity contribution in [3.63, 3.8) is 0 Å². The highest BCUT2D eigenvalue weighted by Crippen LogP contribution is 2.26. The third-order valence-corrected chi connectivity index (χ3v) is 6.93. The predicted molar refractivity (Wildman–Crippen MR) is 108 cm³/mol. The number of thioether (sulfide) groups is 1. The Morgan fingerprint density at radius 2 is 1.86 bits per heavy atom. The molecule has 2 aromatic rings. The van der Waals surface area contributed by atoms with Gasteiger partial charge in [0, 0.05) is 18.7 Å². The van der Waals surface area contributed by atoms with Crippen LogP contribution in [-0.4, -0.2) is 48.2 Å². The summed E-state index contributed by atoms with van der Waals surface area (Å²) in [7, 11) is -3.57. The van der Waals surface area contributed by atoms with Crippen LogP contribution >= 0.6 is 11.8 Å².